The lowest BCUT2D eigenvalue weighted by atomic mass is 10.1. The minimum atomic E-state index is -0.114. The van der Waals surface area contributed by atoms with Gasteiger partial charge in [-0.25, -0.2) is 4.98 Å². The third-order valence-electron chi connectivity index (χ3n) is 5.76. The summed E-state index contributed by atoms with van der Waals surface area (Å²) in [6, 6.07) is 1.88. The summed E-state index contributed by atoms with van der Waals surface area (Å²) < 4.78 is 7.74. The van der Waals surface area contributed by atoms with Gasteiger partial charge in [0.2, 0.25) is 0 Å². The second kappa shape index (κ2) is 6.54. The number of methoxy groups -OCH3 is 1. The zero-order chi connectivity index (χ0) is 18.4. The molecule has 4 rings (SSSR count). The predicted octanol–water partition coefficient (Wildman–Crippen LogP) is 2.72. The Labute approximate surface area is 153 Å². The molecule has 7 nitrogen and oxygen atoms in total. The lowest BCUT2D eigenvalue weighted by Gasteiger charge is -2.22. The van der Waals surface area contributed by atoms with Gasteiger partial charge >= 0.3 is 0 Å². The third-order valence-corrected chi connectivity index (χ3v) is 5.76. The van der Waals surface area contributed by atoms with Gasteiger partial charge in [0.15, 0.2) is 5.82 Å². The van der Waals surface area contributed by atoms with Crippen LogP contribution in [0.2, 0.25) is 0 Å². The van der Waals surface area contributed by atoms with E-state index in [4.69, 9.17) is 4.74 Å². The number of ether oxygens (including phenoxy) is 1. The Morgan fingerprint density at radius 2 is 2.15 bits per heavy atom. The van der Waals surface area contributed by atoms with Crippen molar-refractivity contribution in [1.29, 1.82) is 0 Å². The highest BCUT2D eigenvalue weighted by atomic mass is 16.5. The molecule has 1 aliphatic heterocycles. The van der Waals surface area contributed by atoms with Crippen LogP contribution < -0.4 is 0 Å². The molecule has 2 atom stereocenters. The van der Waals surface area contributed by atoms with Crippen molar-refractivity contribution in [3.05, 3.63) is 34.7 Å². The molecule has 2 aromatic rings. The maximum Gasteiger partial charge on any atom is 0.256 e. The van der Waals surface area contributed by atoms with Gasteiger partial charge in [-0.3, -0.25) is 9.89 Å². The first-order valence-electron chi connectivity index (χ1n) is 9.46. The SMILES string of the molecule is CCn1c(C)cc(C(=O)N2C[C@H](OC)C[C@H]2c2nc(C3CC3)n[nH]2)c1C. The summed E-state index contributed by atoms with van der Waals surface area (Å²) in [5.41, 5.74) is 2.90. The second-order valence-electron chi connectivity index (χ2n) is 7.45. The summed E-state index contributed by atoms with van der Waals surface area (Å²) in [6.45, 7) is 7.60. The van der Waals surface area contributed by atoms with Crippen LogP contribution in [0.3, 0.4) is 0 Å². The van der Waals surface area contributed by atoms with Gasteiger partial charge in [0.1, 0.15) is 5.82 Å². The van der Waals surface area contributed by atoms with Crippen molar-refractivity contribution in [2.24, 2.45) is 0 Å². The molecule has 0 aromatic carbocycles. The molecule has 2 aromatic heterocycles. The first-order chi connectivity index (χ1) is 12.5. The molecular formula is C19H27N5O2. The average molecular weight is 357 g/mol. The average Bonchev–Trinajstić information content (AvgIpc) is 3.10. The lowest BCUT2D eigenvalue weighted by Crippen LogP contribution is -2.32. The highest BCUT2D eigenvalue weighted by molar-refractivity contribution is 5.96. The van der Waals surface area contributed by atoms with E-state index in [1.165, 1.54) is 0 Å². The van der Waals surface area contributed by atoms with Crippen molar-refractivity contribution in [2.75, 3.05) is 13.7 Å². The van der Waals surface area contributed by atoms with Crippen molar-refractivity contribution in [3.63, 3.8) is 0 Å². The monoisotopic (exact) mass is 357 g/mol. The van der Waals surface area contributed by atoms with E-state index >= 15 is 0 Å². The summed E-state index contributed by atoms with van der Waals surface area (Å²) in [6.07, 6.45) is 3.09. The quantitative estimate of drug-likeness (QED) is 0.893. The molecular weight excluding hydrogens is 330 g/mol. The Hall–Kier alpha value is -2.15. The third kappa shape index (κ3) is 2.84. The number of aromatic amines is 1. The molecule has 0 unspecified atom stereocenters. The van der Waals surface area contributed by atoms with Gasteiger partial charge in [0.25, 0.3) is 5.91 Å². The lowest BCUT2D eigenvalue weighted by molar-refractivity contribution is 0.0683. The van der Waals surface area contributed by atoms with Crippen LogP contribution in [-0.2, 0) is 11.3 Å². The zero-order valence-corrected chi connectivity index (χ0v) is 16.0. The molecule has 1 amide bonds. The van der Waals surface area contributed by atoms with E-state index in [1.807, 2.05) is 24.8 Å². The molecule has 26 heavy (non-hydrogen) atoms. The van der Waals surface area contributed by atoms with Gasteiger partial charge in [0, 0.05) is 43.9 Å². The van der Waals surface area contributed by atoms with Gasteiger partial charge in [-0.05, 0) is 39.7 Å². The van der Waals surface area contributed by atoms with E-state index in [-0.39, 0.29) is 18.1 Å². The first kappa shape index (κ1) is 17.3. The van der Waals surface area contributed by atoms with Crippen molar-refractivity contribution < 1.29 is 9.53 Å². The van der Waals surface area contributed by atoms with Crippen molar-refractivity contribution >= 4 is 5.91 Å². The summed E-state index contributed by atoms with van der Waals surface area (Å²) in [5.74, 6) is 2.21. The summed E-state index contributed by atoms with van der Waals surface area (Å²) >= 11 is 0. The van der Waals surface area contributed by atoms with Crippen LogP contribution in [0.5, 0.6) is 0 Å². The second-order valence-corrected chi connectivity index (χ2v) is 7.45. The summed E-state index contributed by atoms with van der Waals surface area (Å²) in [5, 5.41) is 7.45. The van der Waals surface area contributed by atoms with E-state index in [1.54, 1.807) is 7.11 Å². The van der Waals surface area contributed by atoms with E-state index in [2.05, 4.69) is 26.7 Å². The molecule has 0 radical (unpaired) electrons. The predicted molar refractivity (Wildman–Crippen MR) is 97.1 cm³/mol. The number of nitrogens with one attached hydrogen (secondary N) is 1. The fourth-order valence-corrected chi connectivity index (χ4v) is 4.07. The Morgan fingerprint density at radius 3 is 2.77 bits per heavy atom. The van der Waals surface area contributed by atoms with Crippen molar-refractivity contribution in [3.8, 4) is 0 Å². The summed E-state index contributed by atoms with van der Waals surface area (Å²) in [7, 11) is 1.70. The molecule has 140 valence electrons. The highest BCUT2D eigenvalue weighted by Gasteiger charge is 2.40. The molecule has 0 bridgehead atoms. The molecule has 1 N–H and O–H groups in total. The van der Waals surface area contributed by atoms with Crippen LogP contribution in [0.1, 0.15) is 71.5 Å². The highest BCUT2D eigenvalue weighted by Crippen LogP contribution is 2.39. The Morgan fingerprint density at radius 1 is 1.38 bits per heavy atom. The van der Waals surface area contributed by atoms with E-state index < -0.39 is 0 Å². The maximum absolute atomic E-state index is 13.3. The van der Waals surface area contributed by atoms with Crippen LogP contribution in [0, 0.1) is 13.8 Å². The number of rotatable bonds is 5. The van der Waals surface area contributed by atoms with Gasteiger partial charge in [-0.2, -0.15) is 5.10 Å². The topological polar surface area (TPSA) is 76.0 Å². The van der Waals surface area contributed by atoms with Crippen molar-refractivity contribution in [2.45, 2.75) is 64.6 Å². The molecule has 7 heteroatoms. The van der Waals surface area contributed by atoms with Gasteiger partial charge in [0.05, 0.1) is 17.7 Å². The van der Waals surface area contributed by atoms with Crippen LogP contribution in [0.4, 0.5) is 0 Å². The van der Waals surface area contributed by atoms with Crippen LogP contribution >= 0.6 is 0 Å². The number of hydrogen-bond acceptors (Lipinski definition) is 4. The largest absolute Gasteiger partial charge is 0.380 e. The van der Waals surface area contributed by atoms with Crippen LogP contribution in [0.15, 0.2) is 6.07 Å². The van der Waals surface area contributed by atoms with Crippen molar-refractivity contribution in [1.82, 2.24) is 24.6 Å². The first-order valence-corrected chi connectivity index (χ1v) is 9.46. The Bertz CT molecular complexity index is 820. The van der Waals surface area contributed by atoms with Gasteiger partial charge in [-0.15, -0.1) is 0 Å². The number of aromatic nitrogens is 4. The molecule has 2 aliphatic rings. The number of H-pyrrole nitrogens is 1. The molecule has 0 spiro atoms. The maximum atomic E-state index is 13.3. The minimum Gasteiger partial charge on any atom is -0.380 e. The number of hydrogen-bond donors (Lipinski definition) is 1. The number of nitrogens with zero attached hydrogens (tertiary/aromatic N) is 4. The molecule has 3 heterocycles. The smallest absolute Gasteiger partial charge is 0.256 e. The van der Waals surface area contributed by atoms with Crippen LogP contribution in [-0.4, -0.2) is 50.3 Å². The zero-order valence-electron chi connectivity index (χ0n) is 16.0. The van der Waals surface area contributed by atoms with E-state index in [0.717, 1.165) is 54.4 Å². The van der Waals surface area contributed by atoms with E-state index in [0.29, 0.717) is 12.5 Å². The Kier molecular flexibility index (Phi) is 4.34. The summed E-state index contributed by atoms with van der Waals surface area (Å²) in [4.78, 5) is 19.9. The van der Waals surface area contributed by atoms with Gasteiger partial charge < -0.3 is 14.2 Å². The van der Waals surface area contributed by atoms with Gasteiger partial charge in [-0.1, -0.05) is 0 Å². The number of carbonyl (C=O) groups is 1. The minimum absolute atomic E-state index is 0.0214. The molecule has 1 saturated heterocycles. The molecule has 1 aliphatic carbocycles. The van der Waals surface area contributed by atoms with Crippen LogP contribution in [0.25, 0.3) is 0 Å². The standard InChI is InChI=1S/C19H27N5O2/c1-5-23-11(2)8-15(12(23)3)19(25)24-10-14(26-4)9-16(24)18-20-17(21-22-18)13-6-7-13/h8,13-14,16H,5-7,9-10H2,1-4H3,(H,20,21,22)/t14-,16+/m1/s1. The molecule has 2 fully saturated rings. The normalized spacial score (nSPS) is 23.0. The van der Waals surface area contributed by atoms with E-state index in [9.17, 15) is 4.79 Å². The fraction of sp³-hybridized carbons (Fsp3) is 0.632. The number of aryl methyl sites for hydroxylation is 1. The molecule has 1 saturated carbocycles. The Balaban J connectivity index is 1.64. The fourth-order valence-electron chi connectivity index (χ4n) is 4.07. The number of amides is 1. The number of likely N-dealkylation sites (tertiary alicyclic amines) is 1. The number of carbonyl (C=O) groups excluding carboxylic acids is 1.